The summed E-state index contributed by atoms with van der Waals surface area (Å²) in [6.45, 7) is 6.85. The quantitative estimate of drug-likeness (QED) is 0.765. The van der Waals surface area contributed by atoms with Gasteiger partial charge in [-0.25, -0.2) is 0 Å². The molecule has 1 N–H and O–H groups in total. The second-order valence-electron chi connectivity index (χ2n) is 7.20. The smallest absolute Gasteiger partial charge is 0.224 e. The lowest BCUT2D eigenvalue weighted by Crippen LogP contribution is -2.46. The molecule has 0 radical (unpaired) electrons. The van der Waals surface area contributed by atoms with E-state index in [9.17, 15) is 4.79 Å². The van der Waals surface area contributed by atoms with Crippen molar-refractivity contribution in [3.63, 3.8) is 0 Å². The Morgan fingerprint density at radius 3 is 2.56 bits per heavy atom. The average molecular weight is 339 g/mol. The van der Waals surface area contributed by atoms with Crippen LogP contribution < -0.4 is 5.32 Å². The Hall–Kier alpha value is -2.13. The summed E-state index contributed by atoms with van der Waals surface area (Å²) < 4.78 is 5.90. The summed E-state index contributed by atoms with van der Waals surface area (Å²) in [5.74, 6) is 0.0391. The number of hydrogen-bond donors (Lipinski definition) is 1. The third kappa shape index (κ3) is 5.71. The lowest BCUT2D eigenvalue weighted by Gasteiger charge is -2.45. The molecule has 0 aromatic heterocycles. The highest BCUT2D eigenvalue weighted by Gasteiger charge is 2.43. The van der Waals surface area contributed by atoms with Crippen molar-refractivity contribution >= 4 is 5.91 Å². The van der Waals surface area contributed by atoms with Crippen molar-refractivity contribution in [1.29, 1.82) is 0 Å². The minimum atomic E-state index is -0.223. The summed E-state index contributed by atoms with van der Waals surface area (Å²) in [5.41, 5.74) is 0.819. The van der Waals surface area contributed by atoms with E-state index in [-0.39, 0.29) is 16.9 Å². The molecule has 1 aromatic rings. The van der Waals surface area contributed by atoms with Gasteiger partial charge in [0.25, 0.3) is 0 Å². The molecule has 1 atom stereocenters. The Kier molecular flexibility index (Phi) is 6.77. The normalized spacial score (nSPS) is 23.5. The number of benzene rings is 1. The zero-order chi connectivity index (χ0) is 18.2. The molecule has 1 aliphatic heterocycles. The number of nitrogens with one attached hydrogen (secondary N) is 1. The number of rotatable bonds is 6. The second kappa shape index (κ2) is 8.82. The Balaban J connectivity index is 2.10. The molecule has 0 aliphatic carbocycles. The lowest BCUT2D eigenvalue weighted by atomic mass is 9.67. The Morgan fingerprint density at radius 2 is 1.88 bits per heavy atom. The van der Waals surface area contributed by atoms with Crippen LogP contribution in [0, 0.1) is 0 Å². The Labute approximate surface area is 151 Å². The predicted molar refractivity (Wildman–Crippen MR) is 103 cm³/mol. The zero-order valence-electron chi connectivity index (χ0n) is 15.5. The summed E-state index contributed by atoms with van der Waals surface area (Å²) in [5, 5.41) is 2.89. The van der Waals surface area contributed by atoms with Gasteiger partial charge in [0.2, 0.25) is 5.91 Å². The molecular formula is C22H29NO2. The molecule has 1 amide bonds. The van der Waals surface area contributed by atoms with Gasteiger partial charge in [-0.15, -0.1) is 0 Å². The van der Waals surface area contributed by atoms with Crippen LogP contribution in [-0.4, -0.2) is 18.1 Å². The van der Waals surface area contributed by atoms with Crippen LogP contribution in [-0.2, 0) is 14.9 Å². The molecule has 1 saturated heterocycles. The fourth-order valence-electron chi connectivity index (χ4n) is 3.56. The van der Waals surface area contributed by atoms with E-state index >= 15 is 0 Å². The zero-order valence-corrected chi connectivity index (χ0v) is 15.5. The van der Waals surface area contributed by atoms with Crippen molar-refractivity contribution in [2.24, 2.45) is 0 Å². The lowest BCUT2D eigenvalue weighted by molar-refractivity contribution is -0.125. The van der Waals surface area contributed by atoms with E-state index in [1.54, 1.807) is 6.20 Å². The third-order valence-electron chi connectivity index (χ3n) is 4.59. The van der Waals surface area contributed by atoms with Gasteiger partial charge in [-0.05, 0) is 45.3 Å². The van der Waals surface area contributed by atoms with Crippen LogP contribution in [0.15, 0.2) is 66.9 Å². The first kappa shape index (κ1) is 19.2. The van der Waals surface area contributed by atoms with Crippen molar-refractivity contribution in [3.8, 4) is 0 Å². The number of carbonyl (C=O) groups excluding carboxylic acids is 1. The standard InChI is InChI=1S/C22H29NO2/c1-4-5-6-7-11-15-23-20(24)17-22(19-12-9-8-10-13-19)14-16-25-21(2,3)18-22/h4-13,15H,14,16-18H2,1-3H3,(H,23,24)/b5-4+,7-6-,15-11+. The Bertz CT molecular complexity index is 643. The molecule has 1 unspecified atom stereocenters. The molecule has 1 heterocycles. The topological polar surface area (TPSA) is 38.3 Å². The summed E-state index contributed by atoms with van der Waals surface area (Å²) >= 11 is 0. The third-order valence-corrected chi connectivity index (χ3v) is 4.59. The maximum atomic E-state index is 12.5. The molecule has 1 aliphatic rings. The molecule has 3 nitrogen and oxygen atoms in total. The van der Waals surface area contributed by atoms with Gasteiger partial charge < -0.3 is 10.1 Å². The van der Waals surface area contributed by atoms with Gasteiger partial charge in [0.05, 0.1) is 5.60 Å². The van der Waals surface area contributed by atoms with E-state index in [0.29, 0.717) is 13.0 Å². The summed E-state index contributed by atoms with van der Waals surface area (Å²) in [6, 6.07) is 10.4. The van der Waals surface area contributed by atoms with Crippen LogP contribution in [0.3, 0.4) is 0 Å². The molecule has 3 heteroatoms. The van der Waals surface area contributed by atoms with Crippen LogP contribution in [0.25, 0.3) is 0 Å². The van der Waals surface area contributed by atoms with Gasteiger partial charge in [-0.3, -0.25) is 4.79 Å². The molecule has 0 bridgehead atoms. The minimum Gasteiger partial charge on any atom is -0.376 e. The molecule has 2 rings (SSSR count). The second-order valence-corrected chi connectivity index (χ2v) is 7.20. The van der Waals surface area contributed by atoms with Crippen LogP contribution in [0.5, 0.6) is 0 Å². The number of hydrogen-bond acceptors (Lipinski definition) is 2. The molecule has 0 saturated carbocycles. The predicted octanol–water partition coefficient (Wildman–Crippen LogP) is 4.67. The van der Waals surface area contributed by atoms with E-state index in [1.807, 2.05) is 55.5 Å². The molecular weight excluding hydrogens is 310 g/mol. The van der Waals surface area contributed by atoms with Gasteiger partial charge in [0, 0.05) is 24.6 Å². The van der Waals surface area contributed by atoms with Crippen molar-refractivity contribution < 1.29 is 9.53 Å². The molecule has 134 valence electrons. The van der Waals surface area contributed by atoms with Crippen molar-refractivity contribution in [1.82, 2.24) is 5.32 Å². The Morgan fingerprint density at radius 1 is 1.16 bits per heavy atom. The van der Waals surface area contributed by atoms with Gasteiger partial charge in [0.15, 0.2) is 0 Å². The maximum Gasteiger partial charge on any atom is 0.224 e. The first-order chi connectivity index (χ1) is 12.0. The molecule has 1 aromatic carbocycles. The van der Waals surface area contributed by atoms with Gasteiger partial charge in [0.1, 0.15) is 0 Å². The van der Waals surface area contributed by atoms with E-state index in [1.165, 1.54) is 5.56 Å². The van der Waals surface area contributed by atoms with Crippen molar-refractivity contribution in [2.75, 3.05) is 6.61 Å². The van der Waals surface area contributed by atoms with Crippen LogP contribution in [0.1, 0.15) is 45.6 Å². The first-order valence-corrected chi connectivity index (χ1v) is 8.91. The van der Waals surface area contributed by atoms with E-state index in [4.69, 9.17) is 4.74 Å². The highest BCUT2D eigenvalue weighted by molar-refractivity contribution is 5.78. The molecule has 25 heavy (non-hydrogen) atoms. The summed E-state index contributed by atoms with van der Waals surface area (Å²) in [4.78, 5) is 12.5. The molecule has 1 fully saturated rings. The van der Waals surface area contributed by atoms with Gasteiger partial charge in [-0.2, -0.15) is 0 Å². The highest BCUT2D eigenvalue weighted by atomic mass is 16.5. The number of carbonyl (C=O) groups is 1. The number of allylic oxidation sites excluding steroid dienone is 5. The largest absolute Gasteiger partial charge is 0.376 e. The summed E-state index contributed by atoms with van der Waals surface area (Å²) in [6.07, 6.45) is 13.4. The minimum absolute atomic E-state index is 0.0391. The fraction of sp³-hybridized carbons (Fsp3) is 0.409. The monoisotopic (exact) mass is 339 g/mol. The number of ether oxygens (including phenoxy) is 1. The summed E-state index contributed by atoms with van der Waals surface area (Å²) in [7, 11) is 0. The van der Waals surface area contributed by atoms with Gasteiger partial charge in [-0.1, -0.05) is 54.6 Å². The van der Waals surface area contributed by atoms with E-state index < -0.39 is 0 Å². The SMILES string of the molecule is C/C=C/C=C\C=C\NC(=O)CC1(c2ccccc2)CCOC(C)(C)C1. The highest BCUT2D eigenvalue weighted by Crippen LogP contribution is 2.43. The van der Waals surface area contributed by atoms with Crippen LogP contribution in [0.2, 0.25) is 0 Å². The van der Waals surface area contributed by atoms with Gasteiger partial charge >= 0.3 is 0 Å². The maximum absolute atomic E-state index is 12.5. The number of amides is 1. The fourth-order valence-corrected chi connectivity index (χ4v) is 3.56. The van der Waals surface area contributed by atoms with Crippen LogP contribution >= 0.6 is 0 Å². The molecule has 0 spiro atoms. The van der Waals surface area contributed by atoms with E-state index in [2.05, 4.69) is 31.3 Å². The van der Waals surface area contributed by atoms with E-state index in [0.717, 1.165) is 12.8 Å². The van der Waals surface area contributed by atoms with Crippen molar-refractivity contribution in [2.45, 2.75) is 51.0 Å². The van der Waals surface area contributed by atoms with Crippen molar-refractivity contribution in [3.05, 3.63) is 72.5 Å². The average Bonchev–Trinajstić information content (AvgIpc) is 2.58. The first-order valence-electron chi connectivity index (χ1n) is 8.91. The van der Waals surface area contributed by atoms with Crippen LogP contribution in [0.4, 0.5) is 0 Å².